The summed E-state index contributed by atoms with van der Waals surface area (Å²) in [6.45, 7) is 0. The molecule has 2 aromatic carbocycles. The number of benzene rings is 2. The first-order chi connectivity index (χ1) is 11.5. The van der Waals surface area contributed by atoms with Crippen LogP contribution in [-0.2, 0) is 4.79 Å². The standard InChI is InChI=1S/C19H20ClFN2O.ClH/c20-14-6-4-12(5-7-14)17-11-15(21)8-9-18(17)23-19(24)13-2-1-3-16(22)10-13;/h4-9,11,13,16H,1-3,10,22H2,(H,23,24);1H. The smallest absolute Gasteiger partial charge is 0.227 e. The predicted octanol–water partition coefficient (Wildman–Crippen LogP) is 5.02. The summed E-state index contributed by atoms with van der Waals surface area (Å²) in [5.41, 5.74) is 8.01. The first-order valence-electron chi connectivity index (χ1n) is 8.15. The summed E-state index contributed by atoms with van der Waals surface area (Å²) >= 11 is 5.91. The molecule has 3 N–H and O–H groups in total. The van der Waals surface area contributed by atoms with Crippen molar-refractivity contribution in [3.05, 3.63) is 53.3 Å². The minimum atomic E-state index is -0.349. The van der Waals surface area contributed by atoms with Crippen molar-refractivity contribution in [2.45, 2.75) is 31.7 Å². The molecule has 1 aliphatic carbocycles. The van der Waals surface area contributed by atoms with Gasteiger partial charge in [0.05, 0.1) is 0 Å². The van der Waals surface area contributed by atoms with Gasteiger partial charge in [-0.15, -0.1) is 12.4 Å². The van der Waals surface area contributed by atoms with Crippen LogP contribution in [0.25, 0.3) is 11.1 Å². The summed E-state index contributed by atoms with van der Waals surface area (Å²) in [5.74, 6) is -0.485. The Balaban J connectivity index is 0.00000225. The Kier molecular flexibility index (Phi) is 6.82. The van der Waals surface area contributed by atoms with Gasteiger partial charge in [-0.3, -0.25) is 4.79 Å². The lowest BCUT2D eigenvalue weighted by Crippen LogP contribution is -2.34. The van der Waals surface area contributed by atoms with Gasteiger partial charge in [0.2, 0.25) is 5.91 Å². The molecule has 2 aromatic rings. The van der Waals surface area contributed by atoms with Gasteiger partial charge in [0.25, 0.3) is 0 Å². The number of amides is 1. The van der Waals surface area contributed by atoms with E-state index in [1.54, 1.807) is 18.2 Å². The van der Waals surface area contributed by atoms with Crippen LogP contribution in [0.5, 0.6) is 0 Å². The topological polar surface area (TPSA) is 55.1 Å². The van der Waals surface area contributed by atoms with E-state index in [2.05, 4.69) is 5.32 Å². The number of rotatable bonds is 3. The molecule has 0 aromatic heterocycles. The third-order valence-electron chi connectivity index (χ3n) is 4.48. The third kappa shape index (κ3) is 4.94. The molecule has 3 rings (SSSR count). The van der Waals surface area contributed by atoms with Crippen molar-refractivity contribution in [1.29, 1.82) is 0 Å². The van der Waals surface area contributed by atoms with Crippen LogP contribution < -0.4 is 11.1 Å². The molecule has 3 nitrogen and oxygen atoms in total. The zero-order valence-corrected chi connectivity index (χ0v) is 15.2. The van der Waals surface area contributed by atoms with Crippen molar-refractivity contribution < 1.29 is 9.18 Å². The fourth-order valence-corrected chi connectivity index (χ4v) is 3.32. The van der Waals surface area contributed by atoms with Crippen molar-refractivity contribution in [3.8, 4) is 11.1 Å². The van der Waals surface area contributed by atoms with E-state index in [0.717, 1.165) is 24.8 Å². The summed E-state index contributed by atoms with van der Waals surface area (Å²) in [6.07, 6.45) is 3.48. The molecule has 0 spiro atoms. The van der Waals surface area contributed by atoms with E-state index >= 15 is 0 Å². The van der Waals surface area contributed by atoms with E-state index < -0.39 is 0 Å². The molecule has 1 amide bonds. The van der Waals surface area contributed by atoms with Gasteiger partial charge in [0, 0.05) is 28.2 Å². The summed E-state index contributed by atoms with van der Waals surface area (Å²) in [7, 11) is 0. The van der Waals surface area contributed by atoms with Crippen LogP contribution in [0.3, 0.4) is 0 Å². The lowest BCUT2D eigenvalue weighted by atomic mass is 9.85. The first-order valence-corrected chi connectivity index (χ1v) is 8.52. The van der Waals surface area contributed by atoms with Crippen LogP contribution >= 0.6 is 24.0 Å². The Labute approximate surface area is 158 Å². The summed E-state index contributed by atoms with van der Waals surface area (Å²) in [6, 6.07) is 11.6. The molecule has 0 saturated heterocycles. The van der Waals surface area contributed by atoms with Gasteiger partial charge in [-0.1, -0.05) is 30.2 Å². The molecule has 0 radical (unpaired) electrons. The highest BCUT2D eigenvalue weighted by Crippen LogP contribution is 2.31. The Morgan fingerprint density at radius 3 is 2.56 bits per heavy atom. The van der Waals surface area contributed by atoms with Crippen LogP contribution in [0.1, 0.15) is 25.7 Å². The number of halogens is 3. The minimum Gasteiger partial charge on any atom is -0.328 e. The van der Waals surface area contributed by atoms with E-state index in [9.17, 15) is 9.18 Å². The molecule has 134 valence electrons. The Morgan fingerprint density at radius 2 is 1.88 bits per heavy atom. The molecule has 25 heavy (non-hydrogen) atoms. The number of hydrogen-bond acceptors (Lipinski definition) is 2. The highest BCUT2D eigenvalue weighted by molar-refractivity contribution is 6.30. The van der Waals surface area contributed by atoms with E-state index in [0.29, 0.717) is 22.7 Å². The fraction of sp³-hybridized carbons (Fsp3) is 0.316. The molecule has 2 unspecified atom stereocenters. The second-order valence-electron chi connectivity index (χ2n) is 6.31. The summed E-state index contributed by atoms with van der Waals surface area (Å²) < 4.78 is 13.7. The van der Waals surface area contributed by atoms with E-state index in [4.69, 9.17) is 17.3 Å². The lowest BCUT2D eigenvalue weighted by Gasteiger charge is -2.26. The first kappa shape index (κ1) is 19.7. The van der Waals surface area contributed by atoms with Crippen molar-refractivity contribution in [1.82, 2.24) is 0 Å². The molecule has 0 bridgehead atoms. The maximum Gasteiger partial charge on any atom is 0.227 e. The van der Waals surface area contributed by atoms with Gasteiger partial charge in [-0.05, 0) is 55.2 Å². The second kappa shape index (κ2) is 8.65. The van der Waals surface area contributed by atoms with Gasteiger partial charge in [0.1, 0.15) is 5.82 Å². The molecule has 0 aliphatic heterocycles. The fourth-order valence-electron chi connectivity index (χ4n) is 3.19. The number of nitrogens with two attached hydrogens (primary N) is 1. The molecular weight excluding hydrogens is 362 g/mol. The van der Waals surface area contributed by atoms with Crippen LogP contribution in [0.2, 0.25) is 5.02 Å². The SMILES string of the molecule is Cl.NC1CCCC(C(=O)Nc2ccc(F)cc2-c2ccc(Cl)cc2)C1. The average molecular weight is 383 g/mol. The highest BCUT2D eigenvalue weighted by atomic mass is 35.5. The predicted molar refractivity (Wildman–Crippen MR) is 103 cm³/mol. The van der Waals surface area contributed by atoms with Crippen LogP contribution in [0, 0.1) is 11.7 Å². The molecule has 2 atom stereocenters. The normalized spacial score (nSPS) is 19.8. The van der Waals surface area contributed by atoms with Gasteiger partial charge in [-0.2, -0.15) is 0 Å². The van der Waals surface area contributed by atoms with Gasteiger partial charge in [-0.25, -0.2) is 4.39 Å². The average Bonchev–Trinajstić information content (AvgIpc) is 2.57. The molecule has 1 saturated carbocycles. The van der Waals surface area contributed by atoms with Gasteiger partial charge < -0.3 is 11.1 Å². The van der Waals surface area contributed by atoms with Crippen molar-refractivity contribution >= 4 is 35.6 Å². The molecular formula is C19H21Cl2FN2O. The zero-order valence-electron chi connectivity index (χ0n) is 13.7. The number of carbonyl (C=O) groups is 1. The maximum atomic E-state index is 13.7. The van der Waals surface area contributed by atoms with Gasteiger partial charge >= 0.3 is 0 Å². The van der Waals surface area contributed by atoms with E-state index in [1.807, 2.05) is 12.1 Å². The number of carbonyl (C=O) groups excluding carboxylic acids is 1. The Hall–Kier alpha value is -1.62. The van der Waals surface area contributed by atoms with Crippen LogP contribution in [0.4, 0.5) is 10.1 Å². The molecule has 1 fully saturated rings. The van der Waals surface area contributed by atoms with Crippen LogP contribution in [0.15, 0.2) is 42.5 Å². The maximum absolute atomic E-state index is 13.7. The van der Waals surface area contributed by atoms with Gasteiger partial charge in [0.15, 0.2) is 0 Å². The quantitative estimate of drug-likeness (QED) is 0.782. The van der Waals surface area contributed by atoms with Crippen LogP contribution in [-0.4, -0.2) is 11.9 Å². The van der Waals surface area contributed by atoms with Crippen molar-refractivity contribution in [2.75, 3.05) is 5.32 Å². The lowest BCUT2D eigenvalue weighted by molar-refractivity contribution is -0.120. The molecule has 0 heterocycles. The van der Waals surface area contributed by atoms with E-state index in [1.165, 1.54) is 12.1 Å². The van der Waals surface area contributed by atoms with E-state index in [-0.39, 0.29) is 36.1 Å². The number of anilines is 1. The minimum absolute atomic E-state index is 0. The number of hydrogen-bond donors (Lipinski definition) is 2. The summed E-state index contributed by atoms with van der Waals surface area (Å²) in [4.78, 5) is 12.6. The summed E-state index contributed by atoms with van der Waals surface area (Å²) in [5, 5.41) is 3.56. The highest BCUT2D eigenvalue weighted by Gasteiger charge is 2.25. The Morgan fingerprint density at radius 1 is 1.16 bits per heavy atom. The largest absolute Gasteiger partial charge is 0.328 e. The molecule has 6 heteroatoms. The zero-order chi connectivity index (χ0) is 17.1. The van der Waals surface area contributed by atoms with Crippen molar-refractivity contribution in [3.63, 3.8) is 0 Å². The second-order valence-corrected chi connectivity index (χ2v) is 6.75. The van der Waals surface area contributed by atoms with Crippen molar-refractivity contribution in [2.24, 2.45) is 11.7 Å². The number of nitrogens with one attached hydrogen (secondary N) is 1. The Bertz CT molecular complexity index is 737. The third-order valence-corrected chi connectivity index (χ3v) is 4.73. The monoisotopic (exact) mass is 382 g/mol. The molecule has 1 aliphatic rings.